The Morgan fingerprint density at radius 1 is 0.958 bits per heavy atom. The van der Waals surface area contributed by atoms with Gasteiger partial charge in [0.15, 0.2) is 0 Å². The molecule has 2 aromatic rings. The Hall–Kier alpha value is -2.90. The van der Waals surface area contributed by atoms with E-state index >= 15 is 0 Å². The molecule has 24 heavy (non-hydrogen) atoms. The maximum atomic E-state index is 12.7. The fourth-order valence-corrected chi connectivity index (χ4v) is 1.89. The van der Waals surface area contributed by atoms with Crippen LogP contribution >= 0.6 is 0 Å². The van der Waals surface area contributed by atoms with E-state index in [0.29, 0.717) is 0 Å². The van der Waals surface area contributed by atoms with Gasteiger partial charge in [-0.15, -0.1) is 0 Å². The summed E-state index contributed by atoms with van der Waals surface area (Å²) in [5, 5.41) is 0. The lowest BCUT2D eigenvalue weighted by Gasteiger charge is -2.10. The van der Waals surface area contributed by atoms with Crippen molar-refractivity contribution in [3.05, 3.63) is 71.0 Å². The van der Waals surface area contributed by atoms with Crippen LogP contribution in [0.15, 0.2) is 48.5 Å². The number of nitrogens with one attached hydrogen (secondary N) is 2. The number of hydrogen-bond donors (Lipinski definition) is 2. The second kappa shape index (κ2) is 7.12. The smallest absolute Gasteiger partial charge is 0.273 e. The molecule has 2 amide bonds. The minimum absolute atomic E-state index is 0.121. The molecule has 2 N–H and O–H groups in total. The number of halogens is 4. The zero-order chi connectivity index (χ0) is 17.7. The van der Waals surface area contributed by atoms with Gasteiger partial charge in [0, 0.05) is 5.56 Å². The van der Waals surface area contributed by atoms with E-state index in [1.807, 2.05) is 0 Å². The normalized spacial score (nSPS) is 11.0. The second-order valence-electron chi connectivity index (χ2n) is 4.88. The first-order chi connectivity index (χ1) is 11.3. The van der Waals surface area contributed by atoms with E-state index < -0.39 is 29.4 Å². The van der Waals surface area contributed by atoms with Gasteiger partial charge in [-0.1, -0.05) is 18.2 Å². The predicted molar refractivity (Wildman–Crippen MR) is 77.2 cm³/mol. The maximum Gasteiger partial charge on any atom is 0.416 e. The van der Waals surface area contributed by atoms with Gasteiger partial charge in [-0.05, 0) is 35.9 Å². The second-order valence-corrected chi connectivity index (χ2v) is 4.88. The summed E-state index contributed by atoms with van der Waals surface area (Å²) in [6.45, 7) is 0. The molecule has 0 radical (unpaired) electrons. The van der Waals surface area contributed by atoms with Crippen LogP contribution < -0.4 is 10.9 Å². The number of rotatable bonds is 3. The molecule has 0 unspecified atom stereocenters. The fourth-order valence-electron chi connectivity index (χ4n) is 1.89. The molecule has 0 aliphatic heterocycles. The summed E-state index contributed by atoms with van der Waals surface area (Å²) in [6, 6.07) is 8.95. The van der Waals surface area contributed by atoms with E-state index in [1.54, 1.807) is 0 Å². The predicted octanol–water partition coefficient (Wildman–Crippen LogP) is 2.85. The van der Waals surface area contributed by atoms with Gasteiger partial charge in [0.2, 0.25) is 5.91 Å². The molecule has 0 saturated carbocycles. The third kappa shape index (κ3) is 4.80. The lowest BCUT2D eigenvalue weighted by molar-refractivity contribution is -0.137. The molecule has 8 heteroatoms. The molecular weight excluding hydrogens is 328 g/mol. The van der Waals surface area contributed by atoms with Crippen LogP contribution in [0.25, 0.3) is 0 Å². The summed E-state index contributed by atoms with van der Waals surface area (Å²) in [7, 11) is 0. The van der Waals surface area contributed by atoms with Crippen molar-refractivity contribution >= 4 is 11.8 Å². The van der Waals surface area contributed by atoms with Crippen molar-refractivity contribution in [2.45, 2.75) is 12.6 Å². The number of benzene rings is 2. The molecule has 4 nitrogen and oxygen atoms in total. The number of alkyl halides is 3. The van der Waals surface area contributed by atoms with Crippen molar-refractivity contribution in [2.75, 3.05) is 0 Å². The van der Waals surface area contributed by atoms with Crippen LogP contribution in [0, 0.1) is 5.82 Å². The van der Waals surface area contributed by atoms with Gasteiger partial charge in [-0.3, -0.25) is 20.4 Å². The van der Waals surface area contributed by atoms with Crippen LogP contribution in [0.4, 0.5) is 17.6 Å². The van der Waals surface area contributed by atoms with Gasteiger partial charge in [0.1, 0.15) is 5.82 Å². The van der Waals surface area contributed by atoms with Crippen molar-refractivity contribution in [3.63, 3.8) is 0 Å². The van der Waals surface area contributed by atoms with Gasteiger partial charge in [-0.2, -0.15) is 13.2 Å². The maximum absolute atomic E-state index is 12.7. The molecule has 0 bridgehead atoms. The Kier molecular flexibility index (Phi) is 5.18. The van der Waals surface area contributed by atoms with E-state index in [4.69, 9.17) is 0 Å². The molecule has 2 rings (SSSR count). The Morgan fingerprint density at radius 3 is 2.25 bits per heavy atom. The van der Waals surface area contributed by atoms with Gasteiger partial charge in [-0.25, -0.2) is 4.39 Å². The summed E-state index contributed by atoms with van der Waals surface area (Å²) < 4.78 is 50.5. The molecule has 0 saturated heterocycles. The average molecular weight is 340 g/mol. The van der Waals surface area contributed by atoms with Gasteiger partial charge < -0.3 is 0 Å². The summed E-state index contributed by atoms with van der Waals surface area (Å²) in [6.07, 6.45) is -4.84. The molecule has 0 aliphatic carbocycles. The zero-order valence-electron chi connectivity index (χ0n) is 12.2. The van der Waals surface area contributed by atoms with E-state index in [0.717, 1.165) is 24.3 Å². The number of hydrazine groups is 1. The van der Waals surface area contributed by atoms with Gasteiger partial charge in [0.05, 0.1) is 12.0 Å². The van der Waals surface area contributed by atoms with Gasteiger partial charge >= 0.3 is 6.18 Å². The van der Waals surface area contributed by atoms with Crippen molar-refractivity contribution in [1.29, 1.82) is 0 Å². The minimum Gasteiger partial charge on any atom is -0.273 e. The summed E-state index contributed by atoms with van der Waals surface area (Å²) in [5.41, 5.74) is 3.60. The van der Waals surface area contributed by atoms with E-state index in [9.17, 15) is 27.2 Å². The molecule has 0 atom stereocenters. The number of amides is 2. The topological polar surface area (TPSA) is 58.2 Å². The molecule has 0 aromatic heterocycles. The molecule has 2 aromatic carbocycles. The van der Waals surface area contributed by atoms with Gasteiger partial charge in [0.25, 0.3) is 5.91 Å². The minimum atomic E-state index is -4.50. The highest BCUT2D eigenvalue weighted by molar-refractivity contribution is 5.95. The summed E-state index contributed by atoms with van der Waals surface area (Å²) in [5.74, 6) is -1.88. The average Bonchev–Trinajstić information content (AvgIpc) is 2.53. The Balaban J connectivity index is 1.92. The van der Waals surface area contributed by atoms with Crippen LogP contribution in [0.3, 0.4) is 0 Å². The van der Waals surface area contributed by atoms with Crippen LogP contribution in [-0.2, 0) is 17.4 Å². The third-order valence-electron chi connectivity index (χ3n) is 3.04. The molecule has 0 spiro atoms. The lowest BCUT2D eigenvalue weighted by atomic mass is 10.1. The monoisotopic (exact) mass is 340 g/mol. The largest absolute Gasteiger partial charge is 0.416 e. The van der Waals surface area contributed by atoms with Crippen molar-refractivity contribution in [3.8, 4) is 0 Å². The number of carbonyl (C=O) groups is 2. The molecule has 0 heterocycles. The molecule has 126 valence electrons. The number of carbonyl (C=O) groups excluding carboxylic acids is 2. The van der Waals surface area contributed by atoms with Crippen molar-refractivity contribution in [2.24, 2.45) is 0 Å². The lowest BCUT2D eigenvalue weighted by Crippen LogP contribution is -2.42. The molecule has 0 fully saturated rings. The Labute approximate surface area is 134 Å². The van der Waals surface area contributed by atoms with E-state index in [-0.39, 0.29) is 17.5 Å². The van der Waals surface area contributed by atoms with Crippen LogP contribution in [0.2, 0.25) is 0 Å². The van der Waals surface area contributed by atoms with Crippen molar-refractivity contribution in [1.82, 2.24) is 10.9 Å². The quantitative estimate of drug-likeness (QED) is 0.667. The van der Waals surface area contributed by atoms with Crippen LogP contribution in [0.1, 0.15) is 21.5 Å². The van der Waals surface area contributed by atoms with Crippen LogP contribution in [0.5, 0.6) is 0 Å². The fraction of sp³-hybridized carbons (Fsp3) is 0.125. The third-order valence-corrected chi connectivity index (χ3v) is 3.04. The SMILES string of the molecule is O=C(Cc1cccc(C(F)(F)F)c1)NNC(=O)c1ccc(F)cc1. The highest BCUT2D eigenvalue weighted by Gasteiger charge is 2.30. The van der Waals surface area contributed by atoms with E-state index in [2.05, 4.69) is 10.9 Å². The Bertz CT molecular complexity index is 742. The zero-order valence-corrected chi connectivity index (χ0v) is 12.2. The Morgan fingerprint density at radius 2 is 1.62 bits per heavy atom. The summed E-state index contributed by atoms with van der Waals surface area (Å²) in [4.78, 5) is 23.4. The van der Waals surface area contributed by atoms with Crippen molar-refractivity contribution < 1.29 is 27.2 Å². The van der Waals surface area contributed by atoms with E-state index in [1.165, 1.54) is 24.3 Å². The molecule has 0 aliphatic rings. The van der Waals surface area contributed by atoms with Crippen LogP contribution in [-0.4, -0.2) is 11.8 Å². The standard InChI is InChI=1S/C16H12F4N2O2/c17-13-6-4-11(5-7-13)15(24)22-21-14(23)9-10-2-1-3-12(8-10)16(18,19)20/h1-8H,9H2,(H,21,23)(H,22,24). The highest BCUT2D eigenvalue weighted by Crippen LogP contribution is 2.29. The summed E-state index contributed by atoms with van der Waals surface area (Å²) >= 11 is 0. The highest BCUT2D eigenvalue weighted by atomic mass is 19.4. The number of hydrogen-bond acceptors (Lipinski definition) is 2. The molecular formula is C16H12F4N2O2. The first-order valence-corrected chi connectivity index (χ1v) is 6.76. The first-order valence-electron chi connectivity index (χ1n) is 6.76. The first kappa shape index (κ1) is 17.5.